The molecule has 0 saturated carbocycles. The first kappa shape index (κ1) is 18.7. The Bertz CT molecular complexity index is 1160. The lowest BCUT2D eigenvalue weighted by Crippen LogP contribution is -2.20. The third kappa shape index (κ3) is 4.46. The van der Waals surface area contributed by atoms with Crippen LogP contribution in [0.2, 0.25) is 0 Å². The molecule has 3 aromatic carbocycles. The summed E-state index contributed by atoms with van der Waals surface area (Å²) in [5.74, 6) is 1.04. The number of hydrogen-bond donors (Lipinski definition) is 1. The van der Waals surface area contributed by atoms with Gasteiger partial charge in [0.25, 0.3) is 5.91 Å². The summed E-state index contributed by atoms with van der Waals surface area (Å²) in [4.78, 5) is 16.7. The molecule has 0 unspecified atom stereocenters. The standard InChI is InChI=1S/C24H22N2O3/c1-15-4-9-22-21(13-15)26-24(29-22)18-5-7-19(8-6-18)25-23(27)14-28-20-11-16(2)10-17(3)12-20/h4-13H,14H2,1-3H3,(H,25,27). The fourth-order valence-corrected chi connectivity index (χ4v) is 3.22. The molecule has 5 heteroatoms. The molecule has 0 fully saturated rings. The maximum Gasteiger partial charge on any atom is 0.262 e. The van der Waals surface area contributed by atoms with E-state index in [1.807, 2.05) is 75.4 Å². The number of nitrogens with one attached hydrogen (secondary N) is 1. The molecule has 0 spiro atoms. The van der Waals surface area contributed by atoms with E-state index in [-0.39, 0.29) is 12.5 Å². The van der Waals surface area contributed by atoms with Crippen molar-refractivity contribution >= 4 is 22.7 Å². The van der Waals surface area contributed by atoms with Crippen LogP contribution in [0.25, 0.3) is 22.6 Å². The van der Waals surface area contributed by atoms with Crippen molar-refractivity contribution in [1.82, 2.24) is 4.98 Å². The summed E-state index contributed by atoms with van der Waals surface area (Å²) >= 11 is 0. The van der Waals surface area contributed by atoms with Crippen LogP contribution >= 0.6 is 0 Å². The highest BCUT2D eigenvalue weighted by Crippen LogP contribution is 2.26. The van der Waals surface area contributed by atoms with E-state index in [4.69, 9.17) is 9.15 Å². The van der Waals surface area contributed by atoms with E-state index in [1.165, 1.54) is 0 Å². The second kappa shape index (κ2) is 7.80. The zero-order chi connectivity index (χ0) is 20.4. The molecule has 1 amide bonds. The fraction of sp³-hybridized carbons (Fsp3) is 0.167. The predicted octanol–water partition coefficient (Wildman–Crippen LogP) is 5.44. The summed E-state index contributed by atoms with van der Waals surface area (Å²) < 4.78 is 11.4. The van der Waals surface area contributed by atoms with Gasteiger partial charge in [0, 0.05) is 11.3 Å². The number of anilines is 1. The largest absolute Gasteiger partial charge is 0.484 e. The highest BCUT2D eigenvalue weighted by Gasteiger charge is 2.09. The number of carbonyl (C=O) groups is 1. The van der Waals surface area contributed by atoms with E-state index < -0.39 is 0 Å². The average Bonchev–Trinajstić information content (AvgIpc) is 3.09. The molecule has 4 rings (SSSR count). The first-order chi connectivity index (χ1) is 14.0. The lowest BCUT2D eigenvalue weighted by Gasteiger charge is -2.09. The van der Waals surface area contributed by atoms with E-state index in [0.717, 1.165) is 33.4 Å². The minimum Gasteiger partial charge on any atom is -0.484 e. The summed E-state index contributed by atoms with van der Waals surface area (Å²) in [5.41, 5.74) is 6.47. The Hall–Kier alpha value is -3.60. The van der Waals surface area contributed by atoms with Crippen LogP contribution < -0.4 is 10.1 Å². The van der Waals surface area contributed by atoms with Crippen LogP contribution in [-0.2, 0) is 4.79 Å². The van der Waals surface area contributed by atoms with E-state index >= 15 is 0 Å². The Balaban J connectivity index is 1.40. The van der Waals surface area contributed by atoms with Crippen molar-refractivity contribution in [3.8, 4) is 17.2 Å². The van der Waals surface area contributed by atoms with Crippen molar-refractivity contribution in [3.63, 3.8) is 0 Å². The van der Waals surface area contributed by atoms with Gasteiger partial charge in [-0.15, -0.1) is 0 Å². The molecule has 1 heterocycles. The minimum absolute atomic E-state index is 0.0465. The van der Waals surface area contributed by atoms with E-state index in [2.05, 4.69) is 16.4 Å². The second-order valence-electron chi connectivity index (χ2n) is 7.23. The summed E-state index contributed by atoms with van der Waals surface area (Å²) in [5, 5.41) is 2.84. The Morgan fingerprint density at radius 1 is 0.931 bits per heavy atom. The van der Waals surface area contributed by atoms with Crippen LogP contribution in [0.3, 0.4) is 0 Å². The first-order valence-corrected chi connectivity index (χ1v) is 9.45. The molecule has 29 heavy (non-hydrogen) atoms. The van der Waals surface area contributed by atoms with Crippen molar-refractivity contribution in [2.45, 2.75) is 20.8 Å². The van der Waals surface area contributed by atoms with Crippen LogP contribution in [0.5, 0.6) is 5.75 Å². The molecule has 146 valence electrons. The lowest BCUT2D eigenvalue weighted by atomic mass is 10.1. The first-order valence-electron chi connectivity index (χ1n) is 9.45. The Kier molecular flexibility index (Phi) is 5.04. The van der Waals surface area contributed by atoms with Gasteiger partial charge in [0.05, 0.1) is 0 Å². The molecule has 4 aromatic rings. The van der Waals surface area contributed by atoms with Gasteiger partial charge in [-0.3, -0.25) is 4.79 Å². The van der Waals surface area contributed by atoms with Crippen LogP contribution in [-0.4, -0.2) is 17.5 Å². The Morgan fingerprint density at radius 2 is 1.66 bits per heavy atom. The van der Waals surface area contributed by atoms with Gasteiger partial charge >= 0.3 is 0 Å². The summed E-state index contributed by atoms with van der Waals surface area (Å²) in [6.45, 7) is 5.98. The zero-order valence-electron chi connectivity index (χ0n) is 16.7. The molecule has 0 aliphatic rings. The highest BCUT2D eigenvalue weighted by molar-refractivity contribution is 5.92. The van der Waals surface area contributed by atoms with Crippen molar-refractivity contribution in [3.05, 3.63) is 77.4 Å². The number of ether oxygens (including phenoxy) is 1. The van der Waals surface area contributed by atoms with Gasteiger partial charge in [0.1, 0.15) is 11.3 Å². The van der Waals surface area contributed by atoms with Crippen LogP contribution in [0.15, 0.2) is 65.1 Å². The number of fused-ring (bicyclic) bond motifs is 1. The number of aryl methyl sites for hydroxylation is 3. The molecule has 0 saturated heterocycles. The minimum atomic E-state index is -0.214. The molecule has 1 aromatic heterocycles. The number of carbonyl (C=O) groups excluding carboxylic acids is 1. The molecule has 0 aliphatic heterocycles. The number of rotatable bonds is 5. The predicted molar refractivity (Wildman–Crippen MR) is 114 cm³/mol. The molecule has 0 bridgehead atoms. The zero-order valence-corrected chi connectivity index (χ0v) is 16.7. The lowest BCUT2D eigenvalue weighted by molar-refractivity contribution is -0.118. The smallest absolute Gasteiger partial charge is 0.262 e. The normalized spacial score (nSPS) is 10.9. The molecule has 0 radical (unpaired) electrons. The molecular formula is C24H22N2O3. The number of amides is 1. The maximum atomic E-state index is 12.2. The number of aromatic nitrogens is 1. The highest BCUT2D eigenvalue weighted by atomic mass is 16.5. The number of nitrogens with zero attached hydrogens (tertiary/aromatic N) is 1. The molecule has 1 N–H and O–H groups in total. The van der Waals surface area contributed by atoms with Crippen LogP contribution in [0.1, 0.15) is 16.7 Å². The van der Waals surface area contributed by atoms with Crippen molar-refractivity contribution in [2.75, 3.05) is 11.9 Å². The monoisotopic (exact) mass is 386 g/mol. The number of oxazole rings is 1. The topological polar surface area (TPSA) is 64.4 Å². The second-order valence-corrected chi connectivity index (χ2v) is 7.23. The van der Waals surface area contributed by atoms with Crippen molar-refractivity contribution in [1.29, 1.82) is 0 Å². The molecular weight excluding hydrogens is 364 g/mol. The SMILES string of the molecule is Cc1cc(C)cc(OCC(=O)Nc2ccc(-c3nc4cc(C)ccc4o3)cc2)c1. The third-order valence-electron chi connectivity index (χ3n) is 4.52. The molecule has 5 nitrogen and oxygen atoms in total. The third-order valence-corrected chi connectivity index (χ3v) is 4.52. The van der Waals surface area contributed by atoms with Gasteiger partial charge in [-0.1, -0.05) is 12.1 Å². The van der Waals surface area contributed by atoms with Gasteiger partial charge in [-0.2, -0.15) is 0 Å². The number of benzene rings is 3. The van der Waals surface area contributed by atoms with Gasteiger partial charge in [-0.25, -0.2) is 4.98 Å². The van der Waals surface area contributed by atoms with Crippen LogP contribution in [0, 0.1) is 20.8 Å². The molecule has 0 atom stereocenters. The van der Waals surface area contributed by atoms with Crippen LogP contribution in [0.4, 0.5) is 5.69 Å². The maximum absolute atomic E-state index is 12.2. The van der Waals surface area contributed by atoms with Gasteiger partial charge in [0.15, 0.2) is 12.2 Å². The summed E-state index contributed by atoms with van der Waals surface area (Å²) in [6.07, 6.45) is 0. The van der Waals surface area contributed by atoms with E-state index in [9.17, 15) is 4.79 Å². The van der Waals surface area contributed by atoms with E-state index in [0.29, 0.717) is 17.3 Å². The van der Waals surface area contributed by atoms with Gasteiger partial charge in [0.2, 0.25) is 5.89 Å². The average molecular weight is 386 g/mol. The fourth-order valence-electron chi connectivity index (χ4n) is 3.22. The van der Waals surface area contributed by atoms with E-state index in [1.54, 1.807) is 0 Å². The number of hydrogen-bond acceptors (Lipinski definition) is 4. The summed E-state index contributed by atoms with van der Waals surface area (Å²) in [7, 11) is 0. The van der Waals surface area contributed by atoms with Gasteiger partial charge < -0.3 is 14.5 Å². The summed E-state index contributed by atoms with van der Waals surface area (Å²) in [6, 6.07) is 19.2. The Labute approximate surface area is 169 Å². The Morgan fingerprint density at radius 3 is 2.38 bits per heavy atom. The molecule has 0 aliphatic carbocycles. The van der Waals surface area contributed by atoms with Gasteiger partial charge in [-0.05, 0) is 86.0 Å². The van der Waals surface area contributed by atoms with Crippen molar-refractivity contribution < 1.29 is 13.9 Å². The van der Waals surface area contributed by atoms with Crippen molar-refractivity contribution in [2.24, 2.45) is 0 Å². The quantitative estimate of drug-likeness (QED) is 0.496.